The van der Waals surface area contributed by atoms with Crippen LogP contribution in [-0.4, -0.2) is 50.9 Å². The van der Waals surface area contributed by atoms with Crippen LogP contribution in [0.2, 0.25) is 0 Å². The van der Waals surface area contributed by atoms with E-state index in [0.717, 1.165) is 33.3 Å². The molecule has 2 aromatic rings. The van der Waals surface area contributed by atoms with Crippen molar-refractivity contribution in [2.24, 2.45) is 0 Å². The highest BCUT2D eigenvalue weighted by Crippen LogP contribution is 2.16. The van der Waals surface area contributed by atoms with Crippen LogP contribution in [-0.2, 0) is 9.59 Å². The molecule has 10 heteroatoms. The van der Waals surface area contributed by atoms with Crippen molar-refractivity contribution in [3.63, 3.8) is 0 Å². The molecular formula is C17H22N6O3S. The van der Waals surface area contributed by atoms with E-state index in [-0.39, 0.29) is 35.0 Å². The van der Waals surface area contributed by atoms with Gasteiger partial charge in [-0.2, -0.15) is 4.68 Å². The highest BCUT2D eigenvalue weighted by Gasteiger charge is 2.16. The number of rotatable bonds is 6. The van der Waals surface area contributed by atoms with Gasteiger partial charge in [0.05, 0.1) is 12.3 Å². The summed E-state index contributed by atoms with van der Waals surface area (Å²) >= 11 is 0.983. The van der Waals surface area contributed by atoms with Crippen molar-refractivity contribution in [3.8, 4) is 0 Å². The number of hydrogen-bond donors (Lipinski definition) is 2. The molecule has 2 rings (SSSR count). The van der Waals surface area contributed by atoms with Crippen LogP contribution in [0, 0.1) is 20.8 Å². The largest absolute Gasteiger partial charge is 0.336 e. The van der Waals surface area contributed by atoms with Crippen molar-refractivity contribution in [3.05, 3.63) is 45.4 Å². The summed E-state index contributed by atoms with van der Waals surface area (Å²) in [6.45, 7) is 5.24. The fourth-order valence-corrected chi connectivity index (χ4v) is 2.96. The number of carbonyl (C=O) groups is 2. The highest BCUT2D eigenvalue weighted by atomic mass is 32.2. The van der Waals surface area contributed by atoms with Gasteiger partial charge in [0.1, 0.15) is 5.69 Å². The van der Waals surface area contributed by atoms with Crippen molar-refractivity contribution in [2.75, 3.05) is 30.5 Å². The van der Waals surface area contributed by atoms with Crippen LogP contribution >= 0.6 is 11.8 Å². The number of amides is 2. The quantitative estimate of drug-likeness (QED) is 0.543. The Balaban J connectivity index is 1.91. The van der Waals surface area contributed by atoms with E-state index >= 15 is 0 Å². The molecule has 0 fully saturated rings. The second kappa shape index (κ2) is 8.67. The fraction of sp³-hybridized carbons (Fsp3) is 0.353. The van der Waals surface area contributed by atoms with Gasteiger partial charge in [0.15, 0.2) is 0 Å². The second-order valence-electron chi connectivity index (χ2n) is 6.15. The van der Waals surface area contributed by atoms with Gasteiger partial charge in [-0.15, -0.1) is 10.2 Å². The topological polar surface area (TPSA) is 123 Å². The van der Waals surface area contributed by atoms with Gasteiger partial charge < -0.3 is 16.1 Å². The summed E-state index contributed by atoms with van der Waals surface area (Å²) in [6.07, 6.45) is 0. The first-order chi connectivity index (χ1) is 12.7. The number of nitrogens with one attached hydrogen (secondary N) is 1. The maximum Gasteiger partial charge on any atom is 0.294 e. The van der Waals surface area contributed by atoms with Crippen molar-refractivity contribution in [2.45, 2.75) is 25.9 Å². The number of hydrogen-bond acceptors (Lipinski definition) is 7. The second-order valence-corrected chi connectivity index (χ2v) is 7.09. The zero-order valence-corrected chi connectivity index (χ0v) is 16.5. The third-order valence-corrected chi connectivity index (χ3v) is 4.75. The van der Waals surface area contributed by atoms with E-state index in [1.165, 1.54) is 18.9 Å². The van der Waals surface area contributed by atoms with E-state index in [4.69, 9.17) is 5.84 Å². The van der Waals surface area contributed by atoms with Gasteiger partial charge in [-0.1, -0.05) is 23.9 Å². The minimum Gasteiger partial charge on any atom is -0.336 e. The number of nitrogens with two attached hydrogens (primary N) is 1. The predicted molar refractivity (Wildman–Crippen MR) is 104 cm³/mol. The lowest BCUT2D eigenvalue weighted by Crippen LogP contribution is -2.36. The van der Waals surface area contributed by atoms with Crippen LogP contribution in [0.5, 0.6) is 0 Å². The number of benzene rings is 1. The van der Waals surface area contributed by atoms with Crippen LogP contribution < -0.4 is 16.7 Å². The summed E-state index contributed by atoms with van der Waals surface area (Å²) in [4.78, 5) is 37.5. The van der Waals surface area contributed by atoms with Crippen LogP contribution in [0.15, 0.2) is 28.2 Å². The Morgan fingerprint density at radius 3 is 2.67 bits per heavy atom. The number of likely N-dealkylation sites (N-methyl/N-ethyl adjacent to an activating group) is 1. The summed E-state index contributed by atoms with van der Waals surface area (Å²) in [5, 5.41) is 10.4. The van der Waals surface area contributed by atoms with E-state index in [1.54, 1.807) is 0 Å². The lowest BCUT2D eigenvalue weighted by molar-refractivity contribution is -0.131. The molecule has 27 heavy (non-hydrogen) atoms. The molecular weight excluding hydrogens is 368 g/mol. The standard InChI is InChI=1S/C17H22N6O3S/c1-10-5-6-11(2)13(7-10)19-14(24)8-22(4)15(25)9-27-17-21-20-12(3)16(26)23(17)18/h5-7H,8-9,18H2,1-4H3,(H,19,24). The molecule has 144 valence electrons. The highest BCUT2D eigenvalue weighted by molar-refractivity contribution is 7.99. The molecule has 2 amide bonds. The molecule has 3 N–H and O–H groups in total. The lowest BCUT2D eigenvalue weighted by Gasteiger charge is -2.17. The Labute approximate surface area is 160 Å². The summed E-state index contributed by atoms with van der Waals surface area (Å²) in [6, 6.07) is 5.76. The Kier molecular flexibility index (Phi) is 6.56. The van der Waals surface area contributed by atoms with E-state index in [0.29, 0.717) is 0 Å². The number of anilines is 1. The average Bonchev–Trinajstić information content (AvgIpc) is 2.61. The van der Waals surface area contributed by atoms with Crippen LogP contribution in [0.25, 0.3) is 0 Å². The van der Waals surface area contributed by atoms with Crippen LogP contribution in [0.4, 0.5) is 5.69 Å². The Bertz CT molecular complexity index is 927. The van der Waals surface area contributed by atoms with Crippen molar-refractivity contribution < 1.29 is 9.59 Å². The van der Waals surface area contributed by atoms with E-state index < -0.39 is 5.56 Å². The maximum absolute atomic E-state index is 12.2. The molecule has 0 spiro atoms. The summed E-state index contributed by atoms with van der Waals surface area (Å²) < 4.78 is 0.855. The van der Waals surface area contributed by atoms with Gasteiger partial charge in [0, 0.05) is 12.7 Å². The average molecular weight is 390 g/mol. The first-order valence-electron chi connectivity index (χ1n) is 8.14. The smallest absolute Gasteiger partial charge is 0.294 e. The normalized spacial score (nSPS) is 10.5. The third-order valence-electron chi connectivity index (χ3n) is 3.82. The molecule has 1 aromatic carbocycles. The Hall–Kier alpha value is -2.88. The monoisotopic (exact) mass is 390 g/mol. The molecule has 0 unspecified atom stereocenters. The van der Waals surface area contributed by atoms with Crippen molar-refractivity contribution in [1.82, 2.24) is 19.8 Å². The minimum atomic E-state index is -0.471. The molecule has 0 radical (unpaired) electrons. The van der Waals surface area contributed by atoms with Gasteiger partial charge >= 0.3 is 0 Å². The predicted octanol–water partition coefficient (Wildman–Crippen LogP) is 0.467. The molecule has 0 aliphatic heterocycles. The van der Waals surface area contributed by atoms with E-state index in [2.05, 4.69) is 15.5 Å². The van der Waals surface area contributed by atoms with Gasteiger partial charge in [-0.25, -0.2) is 0 Å². The molecule has 0 atom stereocenters. The molecule has 9 nitrogen and oxygen atoms in total. The number of aryl methyl sites for hydroxylation is 3. The molecule has 0 saturated heterocycles. The van der Waals surface area contributed by atoms with E-state index in [1.807, 2.05) is 32.0 Å². The van der Waals surface area contributed by atoms with Gasteiger partial charge in [0.25, 0.3) is 5.56 Å². The number of thioether (sulfide) groups is 1. The molecule has 0 aliphatic rings. The van der Waals surface area contributed by atoms with Crippen molar-refractivity contribution >= 4 is 29.3 Å². The fourth-order valence-electron chi connectivity index (χ4n) is 2.17. The number of nitrogens with zero attached hydrogens (tertiary/aromatic N) is 4. The SMILES string of the molecule is Cc1ccc(C)c(NC(=O)CN(C)C(=O)CSc2nnc(C)c(=O)n2N)c1. The molecule has 0 saturated carbocycles. The summed E-state index contributed by atoms with van der Waals surface area (Å²) in [5.41, 5.74) is 2.40. The number of aromatic nitrogens is 3. The first-order valence-corrected chi connectivity index (χ1v) is 9.13. The Morgan fingerprint density at radius 2 is 1.96 bits per heavy atom. The summed E-state index contributed by atoms with van der Waals surface area (Å²) in [7, 11) is 1.53. The van der Waals surface area contributed by atoms with Crippen LogP contribution in [0.3, 0.4) is 0 Å². The summed E-state index contributed by atoms with van der Waals surface area (Å²) in [5.74, 6) is 5.01. The zero-order chi connectivity index (χ0) is 20.1. The minimum absolute atomic E-state index is 0.0262. The molecule has 0 bridgehead atoms. The van der Waals surface area contributed by atoms with Gasteiger partial charge in [0.2, 0.25) is 17.0 Å². The van der Waals surface area contributed by atoms with E-state index in [9.17, 15) is 14.4 Å². The molecule has 1 aromatic heterocycles. The maximum atomic E-state index is 12.2. The third kappa shape index (κ3) is 5.30. The first kappa shape index (κ1) is 20.4. The molecule has 0 aliphatic carbocycles. The zero-order valence-electron chi connectivity index (χ0n) is 15.6. The molecule has 1 heterocycles. The van der Waals surface area contributed by atoms with Crippen molar-refractivity contribution in [1.29, 1.82) is 0 Å². The van der Waals surface area contributed by atoms with Crippen LogP contribution in [0.1, 0.15) is 16.8 Å². The Morgan fingerprint density at radius 1 is 1.26 bits per heavy atom. The van der Waals surface area contributed by atoms with Gasteiger partial charge in [-0.3, -0.25) is 14.4 Å². The van der Waals surface area contributed by atoms with Gasteiger partial charge in [-0.05, 0) is 38.0 Å². The number of nitrogen functional groups attached to an aromatic ring is 1. The lowest BCUT2D eigenvalue weighted by atomic mass is 10.1. The number of carbonyl (C=O) groups excluding carboxylic acids is 2.